The Bertz CT molecular complexity index is 671. The van der Waals surface area contributed by atoms with Crippen LogP contribution in [0.25, 0.3) is 10.8 Å². The Balaban J connectivity index is 2.03. The number of hydrogen-bond donors (Lipinski definition) is 0. The van der Waals surface area contributed by atoms with E-state index in [1.54, 1.807) is 7.11 Å². The highest BCUT2D eigenvalue weighted by Gasteiger charge is 1.97. The van der Waals surface area contributed by atoms with Gasteiger partial charge in [-0.25, -0.2) is 0 Å². The molecule has 0 radical (unpaired) electrons. The van der Waals surface area contributed by atoms with Crippen LogP contribution in [-0.4, -0.2) is 7.11 Å². The molecule has 0 bridgehead atoms. The lowest BCUT2D eigenvalue weighted by Gasteiger charge is -2.02. The molecule has 0 spiro atoms. The van der Waals surface area contributed by atoms with E-state index in [1.165, 1.54) is 30.0 Å². The van der Waals surface area contributed by atoms with Gasteiger partial charge in [-0.15, -0.1) is 0 Å². The molecule has 0 aliphatic rings. The standard InChI is InChI=1S/C20H22O/c1-3-4-5-6-7-8-9-10-17-11-12-19-16-20(21-2)14-13-18(19)15-17/h7-8,11-16H,3-6H2,1-2H3/b8-7+. The van der Waals surface area contributed by atoms with Gasteiger partial charge < -0.3 is 4.74 Å². The van der Waals surface area contributed by atoms with Gasteiger partial charge in [0.15, 0.2) is 0 Å². The fourth-order valence-electron chi connectivity index (χ4n) is 2.21. The summed E-state index contributed by atoms with van der Waals surface area (Å²) in [6.07, 6.45) is 9.07. The van der Waals surface area contributed by atoms with Gasteiger partial charge in [0.05, 0.1) is 7.11 Å². The van der Waals surface area contributed by atoms with E-state index in [-0.39, 0.29) is 0 Å². The van der Waals surface area contributed by atoms with Crippen molar-refractivity contribution in [3.63, 3.8) is 0 Å². The topological polar surface area (TPSA) is 9.23 Å². The van der Waals surface area contributed by atoms with Crippen molar-refractivity contribution in [3.8, 4) is 17.6 Å². The van der Waals surface area contributed by atoms with E-state index >= 15 is 0 Å². The molecule has 0 amide bonds. The van der Waals surface area contributed by atoms with Gasteiger partial charge in [-0.1, -0.05) is 49.8 Å². The maximum Gasteiger partial charge on any atom is 0.119 e. The number of unbranched alkanes of at least 4 members (excludes halogenated alkanes) is 3. The first-order valence-corrected chi connectivity index (χ1v) is 7.58. The molecule has 0 saturated heterocycles. The monoisotopic (exact) mass is 278 g/mol. The molecule has 108 valence electrons. The highest BCUT2D eigenvalue weighted by atomic mass is 16.5. The summed E-state index contributed by atoms with van der Waals surface area (Å²) >= 11 is 0. The van der Waals surface area contributed by atoms with Crippen molar-refractivity contribution in [2.45, 2.75) is 32.6 Å². The van der Waals surface area contributed by atoms with Crippen LogP contribution in [0.5, 0.6) is 5.75 Å². The Hall–Kier alpha value is -2.20. The summed E-state index contributed by atoms with van der Waals surface area (Å²) in [4.78, 5) is 0. The normalized spacial score (nSPS) is 10.6. The number of fused-ring (bicyclic) bond motifs is 1. The van der Waals surface area contributed by atoms with Crippen LogP contribution in [0, 0.1) is 11.8 Å². The minimum atomic E-state index is 0.886. The number of rotatable bonds is 5. The molecule has 2 aromatic rings. The molecule has 0 aliphatic heterocycles. The highest BCUT2D eigenvalue weighted by molar-refractivity contribution is 5.85. The molecule has 0 N–H and O–H groups in total. The summed E-state index contributed by atoms with van der Waals surface area (Å²) in [7, 11) is 1.69. The van der Waals surface area contributed by atoms with Crippen molar-refractivity contribution in [1.29, 1.82) is 0 Å². The molecular formula is C20H22O. The Kier molecular flexibility index (Phi) is 5.91. The third-order valence-corrected chi connectivity index (χ3v) is 3.44. The third kappa shape index (κ3) is 4.68. The summed E-state index contributed by atoms with van der Waals surface area (Å²) in [5.41, 5.74) is 1.05. The molecule has 0 fully saturated rings. The lowest BCUT2D eigenvalue weighted by molar-refractivity contribution is 0.415. The molecular weight excluding hydrogens is 256 g/mol. The predicted molar refractivity (Wildman–Crippen MR) is 90.7 cm³/mol. The van der Waals surface area contributed by atoms with Crippen molar-refractivity contribution in [2.24, 2.45) is 0 Å². The largest absolute Gasteiger partial charge is 0.497 e. The van der Waals surface area contributed by atoms with Crippen LogP contribution in [-0.2, 0) is 0 Å². The van der Waals surface area contributed by atoms with E-state index in [0.717, 1.165) is 17.7 Å². The number of ether oxygens (including phenoxy) is 1. The van der Waals surface area contributed by atoms with Gasteiger partial charge in [-0.05, 0) is 54.0 Å². The minimum absolute atomic E-state index is 0.886. The molecule has 2 aromatic carbocycles. The fraction of sp³-hybridized carbons (Fsp3) is 0.300. The van der Waals surface area contributed by atoms with Gasteiger partial charge >= 0.3 is 0 Å². The van der Waals surface area contributed by atoms with E-state index < -0.39 is 0 Å². The van der Waals surface area contributed by atoms with Crippen LogP contribution in [0.1, 0.15) is 38.2 Å². The fourth-order valence-corrected chi connectivity index (χ4v) is 2.21. The number of methoxy groups -OCH3 is 1. The van der Waals surface area contributed by atoms with Crippen LogP contribution in [0.2, 0.25) is 0 Å². The Morgan fingerprint density at radius 3 is 2.67 bits per heavy atom. The first kappa shape index (κ1) is 15.2. The van der Waals surface area contributed by atoms with Crippen LogP contribution >= 0.6 is 0 Å². The molecule has 0 unspecified atom stereocenters. The zero-order valence-electron chi connectivity index (χ0n) is 12.9. The van der Waals surface area contributed by atoms with E-state index in [9.17, 15) is 0 Å². The van der Waals surface area contributed by atoms with Crippen molar-refractivity contribution in [1.82, 2.24) is 0 Å². The zero-order chi connectivity index (χ0) is 14.9. The molecule has 1 heteroatoms. The maximum atomic E-state index is 5.24. The van der Waals surface area contributed by atoms with E-state index in [0.29, 0.717) is 0 Å². The van der Waals surface area contributed by atoms with E-state index in [4.69, 9.17) is 4.74 Å². The number of benzene rings is 2. The lowest BCUT2D eigenvalue weighted by atomic mass is 10.1. The second-order valence-electron chi connectivity index (χ2n) is 5.10. The number of allylic oxidation sites excluding steroid dienone is 2. The van der Waals surface area contributed by atoms with Crippen molar-refractivity contribution in [3.05, 3.63) is 54.1 Å². The van der Waals surface area contributed by atoms with E-state index in [1.807, 2.05) is 18.2 Å². The highest BCUT2D eigenvalue weighted by Crippen LogP contribution is 2.21. The van der Waals surface area contributed by atoms with Gasteiger partial charge in [0.2, 0.25) is 0 Å². The van der Waals surface area contributed by atoms with Gasteiger partial charge in [-0.2, -0.15) is 0 Å². The SMILES string of the molecule is CCCCC/C=C/C#Cc1ccc2cc(OC)ccc2c1. The molecule has 2 rings (SSSR count). The molecule has 21 heavy (non-hydrogen) atoms. The average molecular weight is 278 g/mol. The van der Waals surface area contributed by atoms with E-state index in [2.05, 4.69) is 49.1 Å². The van der Waals surface area contributed by atoms with Gasteiger partial charge in [0.1, 0.15) is 5.75 Å². The van der Waals surface area contributed by atoms with Crippen molar-refractivity contribution in [2.75, 3.05) is 7.11 Å². The quantitative estimate of drug-likeness (QED) is 0.530. The Labute approximate surface area is 127 Å². The molecule has 0 atom stereocenters. The van der Waals surface area contributed by atoms with Crippen molar-refractivity contribution < 1.29 is 4.74 Å². The van der Waals surface area contributed by atoms with Gasteiger partial charge in [0.25, 0.3) is 0 Å². The summed E-state index contributed by atoms with van der Waals surface area (Å²) in [6.45, 7) is 2.22. The Morgan fingerprint density at radius 1 is 1.05 bits per heavy atom. The molecule has 1 nitrogen and oxygen atoms in total. The molecule has 0 aliphatic carbocycles. The average Bonchev–Trinajstić information content (AvgIpc) is 2.53. The molecule has 0 aromatic heterocycles. The van der Waals surface area contributed by atoms with Gasteiger partial charge in [0, 0.05) is 5.56 Å². The number of hydrogen-bond acceptors (Lipinski definition) is 1. The van der Waals surface area contributed by atoms with Crippen LogP contribution in [0.3, 0.4) is 0 Å². The third-order valence-electron chi connectivity index (χ3n) is 3.44. The Morgan fingerprint density at radius 2 is 1.86 bits per heavy atom. The van der Waals surface area contributed by atoms with Crippen molar-refractivity contribution >= 4 is 10.8 Å². The summed E-state index contributed by atoms with van der Waals surface area (Å²) in [5.74, 6) is 7.18. The summed E-state index contributed by atoms with van der Waals surface area (Å²) < 4.78 is 5.24. The lowest BCUT2D eigenvalue weighted by Crippen LogP contribution is -1.83. The second kappa shape index (κ2) is 8.17. The minimum Gasteiger partial charge on any atom is -0.497 e. The summed E-state index contributed by atoms with van der Waals surface area (Å²) in [6, 6.07) is 12.4. The summed E-state index contributed by atoms with van der Waals surface area (Å²) in [5, 5.41) is 2.37. The first-order chi connectivity index (χ1) is 10.3. The second-order valence-corrected chi connectivity index (χ2v) is 5.10. The zero-order valence-corrected chi connectivity index (χ0v) is 12.9. The first-order valence-electron chi connectivity index (χ1n) is 7.58. The van der Waals surface area contributed by atoms with Crippen LogP contribution in [0.15, 0.2) is 48.6 Å². The maximum absolute atomic E-state index is 5.24. The predicted octanol–water partition coefficient (Wildman–Crippen LogP) is 5.34. The molecule has 0 heterocycles. The van der Waals surface area contributed by atoms with Crippen LogP contribution in [0.4, 0.5) is 0 Å². The molecule has 0 saturated carbocycles. The smallest absolute Gasteiger partial charge is 0.119 e. The van der Waals surface area contributed by atoms with Gasteiger partial charge in [-0.3, -0.25) is 0 Å². The van der Waals surface area contributed by atoms with Crippen LogP contribution < -0.4 is 4.74 Å².